The molecular weight excluding hydrogens is 316 g/mol. The van der Waals surface area contributed by atoms with E-state index >= 15 is 0 Å². The highest BCUT2D eigenvalue weighted by Gasteiger charge is 2.09. The Kier molecular flexibility index (Phi) is 3.94. The summed E-state index contributed by atoms with van der Waals surface area (Å²) in [5, 5.41) is 21.3. The standard InChI is InChI=1S/C16H12N2O4S/c1-22-14-6-2-10(8-13(14)19)3-7-16-17-12-5-4-11(18(20)21)9-15(12)23-16/h2-9,19H,1H3/b7-3+. The highest BCUT2D eigenvalue weighted by Crippen LogP contribution is 2.29. The predicted molar refractivity (Wildman–Crippen MR) is 89.9 cm³/mol. The zero-order chi connectivity index (χ0) is 16.4. The quantitative estimate of drug-likeness (QED) is 0.576. The Labute approximate surface area is 135 Å². The Morgan fingerprint density at radius 2 is 2.09 bits per heavy atom. The van der Waals surface area contributed by atoms with Crippen molar-refractivity contribution in [2.75, 3.05) is 7.11 Å². The van der Waals surface area contributed by atoms with Gasteiger partial charge in [0, 0.05) is 12.1 Å². The largest absolute Gasteiger partial charge is 0.504 e. The van der Waals surface area contributed by atoms with Crippen molar-refractivity contribution in [1.82, 2.24) is 4.98 Å². The summed E-state index contributed by atoms with van der Waals surface area (Å²) in [6, 6.07) is 9.68. The van der Waals surface area contributed by atoms with Gasteiger partial charge in [-0.3, -0.25) is 10.1 Å². The molecule has 0 aliphatic heterocycles. The summed E-state index contributed by atoms with van der Waals surface area (Å²) in [7, 11) is 1.49. The van der Waals surface area contributed by atoms with Gasteiger partial charge in [0.1, 0.15) is 5.01 Å². The van der Waals surface area contributed by atoms with Crippen LogP contribution in [0.1, 0.15) is 10.6 Å². The van der Waals surface area contributed by atoms with Crippen LogP contribution in [-0.2, 0) is 0 Å². The molecule has 23 heavy (non-hydrogen) atoms. The Balaban J connectivity index is 1.88. The third-order valence-corrected chi connectivity index (χ3v) is 4.20. The van der Waals surface area contributed by atoms with E-state index in [1.165, 1.54) is 30.6 Å². The van der Waals surface area contributed by atoms with E-state index < -0.39 is 4.92 Å². The van der Waals surface area contributed by atoms with Crippen molar-refractivity contribution in [2.24, 2.45) is 0 Å². The molecule has 3 rings (SSSR count). The molecule has 1 N–H and O–H groups in total. The molecule has 0 amide bonds. The van der Waals surface area contributed by atoms with Crippen LogP contribution in [0, 0.1) is 10.1 Å². The maximum Gasteiger partial charge on any atom is 0.270 e. The second kappa shape index (κ2) is 6.05. The molecule has 1 heterocycles. The number of phenols is 1. The molecule has 0 unspecified atom stereocenters. The number of hydrogen-bond donors (Lipinski definition) is 1. The number of aromatic hydroxyl groups is 1. The van der Waals surface area contributed by atoms with Gasteiger partial charge in [-0.1, -0.05) is 12.1 Å². The molecule has 3 aromatic rings. The van der Waals surface area contributed by atoms with Gasteiger partial charge in [-0.2, -0.15) is 0 Å². The lowest BCUT2D eigenvalue weighted by Gasteiger charge is -2.02. The summed E-state index contributed by atoms with van der Waals surface area (Å²) in [4.78, 5) is 14.8. The fourth-order valence-corrected chi connectivity index (χ4v) is 3.00. The van der Waals surface area contributed by atoms with Gasteiger partial charge in [-0.25, -0.2) is 4.98 Å². The molecular formula is C16H12N2O4S. The van der Waals surface area contributed by atoms with Crippen molar-refractivity contribution in [1.29, 1.82) is 0 Å². The number of hydrogen-bond acceptors (Lipinski definition) is 6. The number of nitro groups is 1. The summed E-state index contributed by atoms with van der Waals surface area (Å²) >= 11 is 1.37. The van der Waals surface area contributed by atoms with Crippen LogP contribution in [0.2, 0.25) is 0 Å². The summed E-state index contributed by atoms with van der Waals surface area (Å²) < 4.78 is 5.75. The minimum absolute atomic E-state index is 0.0526. The average molecular weight is 328 g/mol. The van der Waals surface area contributed by atoms with Gasteiger partial charge in [0.05, 0.1) is 22.2 Å². The van der Waals surface area contributed by atoms with Gasteiger partial charge in [0.25, 0.3) is 5.69 Å². The number of aromatic nitrogens is 1. The van der Waals surface area contributed by atoms with E-state index in [2.05, 4.69) is 4.98 Å². The Bertz CT molecular complexity index is 918. The monoisotopic (exact) mass is 328 g/mol. The molecule has 7 heteroatoms. The van der Waals surface area contributed by atoms with E-state index in [4.69, 9.17) is 4.74 Å². The summed E-state index contributed by atoms with van der Waals surface area (Å²) in [6.07, 6.45) is 3.61. The van der Waals surface area contributed by atoms with Crippen LogP contribution in [0.15, 0.2) is 36.4 Å². The van der Waals surface area contributed by atoms with Gasteiger partial charge >= 0.3 is 0 Å². The minimum atomic E-state index is -0.422. The van der Waals surface area contributed by atoms with Crippen LogP contribution in [0.25, 0.3) is 22.4 Å². The number of rotatable bonds is 4. The van der Waals surface area contributed by atoms with Gasteiger partial charge < -0.3 is 9.84 Å². The average Bonchev–Trinajstić information content (AvgIpc) is 2.95. The lowest BCUT2D eigenvalue weighted by atomic mass is 10.2. The molecule has 0 radical (unpaired) electrons. The normalized spacial score (nSPS) is 11.2. The number of phenolic OH excluding ortho intramolecular Hbond substituents is 1. The number of thiazole rings is 1. The molecule has 6 nitrogen and oxygen atoms in total. The SMILES string of the molecule is COc1ccc(/C=C/c2nc3ccc([N+](=O)[O-])cc3s2)cc1O. The van der Waals surface area contributed by atoms with Crippen molar-refractivity contribution in [3.05, 3.63) is 57.1 Å². The summed E-state index contributed by atoms with van der Waals surface area (Å²) in [6.45, 7) is 0. The minimum Gasteiger partial charge on any atom is -0.504 e. The van der Waals surface area contributed by atoms with Crippen LogP contribution in [0.5, 0.6) is 11.5 Å². The highest BCUT2D eigenvalue weighted by atomic mass is 32.1. The second-order valence-electron chi connectivity index (χ2n) is 4.73. The van der Waals surface area contributed by atoms with Crippen molar-refractivity contribution in [2.45, 2.75) is 0 Å². The number of non-ortho nitro benzene ring substituents is 1. The number of nitrogens with zero attached hydrogens (tertiary/aromatic N) is 2. The highest BCUT2D eigenvalue weighted by molar-refractivity contribution is 7.19. The number of methoxy groups -OCH3 is 1. The molecule has 2 aromatic carbocycles. The second-order valence-corrected chi connectivity index (χ2v) is 5.79. The van der Waals surface area contributed by atoms with Crippen molar-refractivity contribution >= 4 is 39.4 Å². The van der Waals surface area contributed by atoms with Crippen molar-refractivity contribution < 1.29 is 14.8 Å². The van der Waals surface area contributed by atoms with E-state index in [0.29, 0.717) is 5.75 Å². The number of benzene rings is 2. The molecule has 0 saturated heterocycles. The molecule has 0 spiro atoms. The smallest absolute Gasteiger partial charge is 0.270 e. The van der Waals surface area contributed by atoms with E-state index in [1.54, 1.807) is 24.3 Å². The van der Waals surface area contributed by atoms with Crippen LogP contribution in [0.3, 0.4) is 0 Å². The molecule has 116 valence electrons. The third kappa shape index (κ3) is 3.14. The number of nitro benzene ring substituents is 1. The maximum absolute atomic E-state index is 10.8. The molecule has 0 saturated carbocycles. The maximum atomic E-state index is 10.8. The van der Waals surface area contributed by atoms with E-state index in [1.807, 2.05) is 12.1 Å². The Morgan fingerprint density at radius 3 is 2.78 bits per heavy atom. The van der Waals surface area contributed by atoms with Gasteiger partial charge in [0.15, 0.2) is 11.5 Å². The number of ether oxygens (including phenoxy) is 1. The van der Waals surface area contributed by atoms with Crippen molar-refractivity contribution in [3.8, 4) is 11.5 Å². The Hall–Kier alpha value is -2.93. The van der Waals surface area contributed by atoms with E-state index in [0.717, 1.165) is 20.8 Å². The molecule has 0 aliphatic rings. The molecule has 0 bridgehead atoms. The topological polar surface area (TPSA) is 85.5 Å². The zero-order valence-corrected chi connectivity index (χ0v) is 12.9. The fraction of sp³-hybridized carbons (Fsp3) is 0.0625. The summed E-state index contributed by atoms with van der Waals surface area (Å²) in [5.74, 6) is 0.476. The molecule has 0 fully saturated rings. The van der Waals surface area contributed by atoms with Crippen LogP contribution >= 0.6 is 11.3 Å². The molecule has 0 aliphatic carbocycles. The van der Waals surface area contributed by atoms with Crippen LogP contribution < -0.4 is 4.74 Å². The Morgan fingerprint density at radius 1 is 1.26 bits per heavy atom. The van der Waals surface area contributed by atoms with E-state index in [-0.39, 0.29) is 11.4 Å². The van der Waals surface area contributed by atoms with Crippen LogP contribution in [-0.4, -0.2) is 22.1 Å². The first-order valence-electron chi connectivity index (χ1n) is 6.67. The van der Waals surface area contributed by atoms with E-state index in [9.17, 15) is 15.2 Å². The first-order chi connectivity index (χ1) is 11.1. The fourth-order valence-electron chi connectivity index (χ4n) is 2.09. The third-order valence-electron chi connectivity index (χ3n) is 3.22. The molecule has 0 atom stereocenters. The zero-order valence-electron chi connectivity index (χ0n) is 12.1. The lowest BCUT2D eigenvalue weighted by molar-refractivity contribution is -0.384. The molecule has 1 aromatic heterocycles. The van der Waals surface area contributed by atoms with Gasteiger partial charge in [-0.15, -0.1) is 11.3 Å². The predicted octanol–water partition coefficient (Wildman–Crippen LogP) is 4.09. The summed E-state index contributed by atoms with van der Waals surface area (Å²) in [5.41, 5.74) is 1.57. The first-order valence-corrected chi connectivity index (χ1v) is 7.48. The first kappa shape index (κ1) is 15.0. The lowest BCUT2D eigenvalue weighted by Crippen LogP contribution is -1.85. The van der Waals surface area contributed by atoms with Crippen molar-refractivity contribution in [3.63, 3.8) is 0 Å². The van der Waals surface area contributed by atoms with Gasteiger partial charge in [-0.05, 0) is 29.8 Å². The van der Waals surface area contributed by atoms with Crippen LogP contribution in [0.4, 0.5) is 5.69 Å². The van der Waals surface area contributed by atoms with Gasteiger partial charge in [0.2, 0.25) is 0 Å². The number of fused-ring (bicyclic) bond motifs is 1.